The summed E-state index contributed by atoms with van der Waals surface area (Å²) in [7, 11) is 1.79. The highest BCUT2D eigenvalue weighted by atomic mass is 35.5. The molecule has 0 radical (unpaired) electrons. The third-order valence-corrected chi connectivity index (χ3v) is 7.87. The lowest BCUT2D eigenvalue weighted by molar-refractivity contribution is -0.0764. The Hall–Kier alpha value is -3.53. The number of hydrogen-bond acceptors (Lipinski definition) is 7. The fourth-order valence-electron chi connectivity index (χ4n) is 5.21. The molecule has 0 bridgehead atoms. The molecule has 4 heterocycles. The van der Waals surface area contributed by atoms with Crippen molar-refractivity contribution in [2.24, 2.45) is 0 Å². The summed E-state index contributed by atoms with van der Waals surface area (Å²) in [5.41, 5.74) is 4.75. The molecule has 5 aromatic rings. The molecule has 0 atom stereocenters. The molecule has 9 nitrogen and oxygen atoms in total. The van der Waals surface area contributed by atoms with E-state index in [2.05, 4.69) is 35.8 Å². The van der Waals surface area contributed by atoms with Crippen LogP contribution in [0.2, 0.25) is 5.02 Å². The summed E-state index contributed by atoms with van der Waals surface area (Å²) in [4.78, 5) is 19.6. The second kappa shape index (κ2) is 8.79. The maximum Gasteiger partial charge on any atom is 0.148 e. The lowest BCUT2D eigenvalue weighted by Gasteiger charge is -2.49. The predicted octanol–water partition coefficient (Wildman–Crippen LogP) is 5.16. The quantitative estimate of drug-likeness (QED) is 0.334. The highest BCUT2D eigenvalue weighted by molar-refractivity contribution is 6.36. The lowest BCUT2D eigenvalue weighted by atomic mass is 9.83. The minimum Gasteiger partial charge on any atom is -0.456 e. The largest absolute Gasteiger partial charge is 0.456 e. The van der Waals surface area contributed by atoms with Crippen LogP contribution in [0.5, 0.6) is 11.5 Å². The Labute approximate surface area is 218 Å². The van der Waals surface area contributed by atoms with E-state index in [1.807, 2.05) is 43.5 Å². The van der Waals surface area contributed by atoms with Crippen molar-refractivity contribution in [3.63, 3.8) is 0 Å². The number of fused-ring (bicyclic) bond motifs is 2. The van der Waals surface area contributed by atoms with Gasteiger partial charge in [0, 0.05) is 44.1 Å². The highest BCUT2D eigenvalue weighted by Gasteiger charge is 2.40. The summed E-state index contributed by atoms with van der Waals surface area (Å²) >= 11 is 6.76. The number of hydrogen-bond donors (Lipinski definition) is 1. The Bertz CT molecular complexity index is 1620. The average molecular weight is 516 g/mol. The molecule has 0 unspecified atom stereocenters. The van der Waals surface area contributed by atoms with E-state index in [1.54, 1.807) is 13.3 Å². The normalized spacial score (nSPS) is 20.3. The summed E-state index contributed by atoms with van der Waals surface area (Å²) in [5, 5.41) is 5.05. The van der Waals surface area contributed by atoms with Crippen LogP contribution in [0.3, 0.4) is 0 Å². The molecule has 10 heteroatoms. The van der Waals surface area contributed by atoms with Crippen LogP contribution in [-0.2, 0) is 4.74 Å². The third kappa shape index (κ3) is 4.03. The Kier molecular flexibility index (Phi) is 5.38. The summed E-state index contributed by atoms with van der Waals surface area (Å²) in [6, 6.07) is 10.4. The SMILES string of the molecule is COC1CN(C2CC(n3cc(-c4cnc5ccc(Oc6ccc7nc(C)[nH]c7c6)c(Cl)c5n4)cn3)C2)C1. The van der Waals surface area contributed by atoms with Crippen molar-refractivity contribution >= 4 is 33.7 Å². The molecule has 2 aromatic carbocycles. The first-order valence-electron chi connectivity index (χ1n) is 12.4. The lowest BCUT2D eigenvalue weighted by Crippen LogP contribution is -2.59. The number of benzene rings is 2. The van der Waals surface area contributed by atoms with Gasteiger partial charge >= 0.3 is 0 Å². The average Bonchev–Trinajstić information content (AvgIpc) is 3.47. The van der Waals surface area contributed by atoms with Gasteiger partial charge in [0.25, 0.3) is 0 Å². The van der Waals surface area contributed by atoms with Crippen LogP contribution in [0.15, 0.2) is 48.9 Å². The molecule has 1 saturated carbocycles. The minimum atomic E-state index is 0.392. The van der Waals surface area contributed by atoms with Crippen molar-refractivity contribution in [2.75, 3.05) is 20.2 Å². The number of methoxy groups -OCH3 is 1. The van der Waals surface area contributed by atoms with Gasteiger partial charge in [-0.3, -0.25) is 14.6 Å². The molecule has 2 aliphatic rings. The van der Waals surface area contributed by atoms with Crippen LogP contribution in [0.25, 0.3) is 33.3 Å². The number of nitrogens with zero attached hydrogens (tertiary/aromatic N) is 6. The van der Waals surface area contributed by atoms with Gasteiger partial charge in [-0.1, -0.05) is 11.6 Å². The molecule has 7 rings (SSSR count). The molecule has 0 amide bonds. The van der Waals surface area contributed by atoms with Crippen molar-refractivity contribution in [1.82, 2.24) is 34.6 Å². The van der Waals surface area contributed by atoms with Crippen LogP contribution in [0.1, 0.15) is 24.7 Å². The molecule has 37 heavy (non-hydrogen) atoms. The zero-order chi connectivity index (χ0) is 25.1. The van der Waals surface area contributed by atoms with Gasteiger partial charge in [-0.15, -0.1) is 0 Å². The number of aryl methyl sites for hydroxylation is 1. The Morgan fingerprint density at radius 3 is 2.70 bits per heavy atom. The summed E-state index contributed by atoms with van der Waals surface area (Å²) in [5.74, 6) is 2.04. The number of aromatic amines is 1. The smallest absolute Gasteiger partial charge is 0.148 e. The second-order valence-corrected chi connectivity index (χ2v) is 10.3. The van der Waals surface area contributed by atoms with E-state index in [1.165, 1.54) is 0 Å². The number of H-pyrrole nitrogens is 1. The number of likely N-dealkylation sites (tertiary alicyclic amines) is 1. The Balaban J connectivity index is 1.10. The molecule has 3 aromatic heterocycles. The number of rotatable bonds is 6. The Morgan fingerprint density at radius 2 is 1.86 bits per heavy atom. The Morgan fingerprint density at radius 1 is 1.03 bits per heavy atom. The summed E-state index contributed by atoms with van der Waals surface area (Å²) in [6.07, 6.45) is 8.28. The number of aromatic nitrogens is 6. The fraction of sp³-hybridized carbons (Fsp3) is 0.333. The predicted molar refractivity (Wildman–Crippen MR) is 141 cm³/mol. The van der Waals surface area contributed by atoms with Crippen LogP contribution in [-0.4, -0.2) is 67.0 Å². The number of halogens is 1. The number of nitrogens with one attached hydrogen (secondary N) is 1. The summed E-state index contributed by atoms with van der Waals surface area (Å²) in [6.45, 7) is 4.00. The fourth-order valence-corrected chi connectivity index (χ4v) is 5.45. The highest BCUT2D eigenvalue weighted by Crippen LogP contribution is 2.39. The van der Waals surface area contributed by atoms with E-state index in [4.69, 9.17) is 26.1 Å². The van der Waals surface area contributed by atoms with E-state index in [0.29, 0.717) is 45.7 Å². The summed E-state index contributed by atoms with van der Waals surface area (Å²) < 4.78 is 13.6. The number of ether oxygens (including phenoxy) is 2. The van der Waals surface area contributed by atoms with Gasteiger partial charge in [-0.2, -0.15) is 5.10 Å². The molecule has 188 valence electrons. The zero-order valence-electron chi connectivity index (χ0n) is 20.6. The van der Waals surface area contributed by atoms with E-state index in [0.717, 1.165) is 54.0 Å². The van der Waals surface area contributed by atoms with Crippen LogP contribution in [0, 0.1) is 6.92 Å². The molecule has 0 spiro atoms. The van der Waals surface area contributed by atoms with Gasteiger partial charge in [0.05, 0.1) is 46.8 Å². The standard InChI is InChI=1S/C27H26ClN7O2/c1-15-31-21-4-3-19(9-23(21)32-15)37-25-6-5-22-27(26(25)28)33-24(11-29-22)16-10-30-35(12-16)18-7-17(8-18)34-13-20(14-34)36-2/h3-6,9-12,17-18,20H,7-8,13-14H2,1-2H3,(H,31,32). The van der Waals surface area contributed by atoms with Gasteiger partial charge in [-0.05, 0) is 44.0 Å². The first-order chi connectivity index (χ1) is 18.0. The van der Waals surface area contributed by atoms with Gasteiger partial charge in [0.2, 0.25) is 0 Å². The van der Waals surface area contributed by atoms with Crippen molar-refractivity contribution in [3.8, 4) is 22.8 Å². The monoisotopic (exact) mass is 515 g/mol. The first-order valence-corrected chi connectivity index (χ1v) is 12.8. The van der Waals surface area contributed by atoms with E-state index in [9.17, 15) is 0 Å². The molecule has 2 fully saturated rings. The maximum absolute atomic E-state index is 6.76. The van der Waals surface area contributed by atoms with Crippen molar-refractivity contribution in [3.05, 3.63) is 59.8 Å². The third-order valence-electron chi connectivity index (χ3n) is 7.50. The molecular weight excluding hydrogens is 490 g/mol. The molecule has 1 N–H and O–H groups in total. The number of imidazole rings is 1. The van der Waals surface area contributed by atoms with Crippen molar-refractivity contribution in [1.29, 1.82) is 0 Å². The van der Waals surface area contributed by atoms with Crippen LogP contribution >= 0.6 is 11.6 Å². The van der Waals surface area contributed by atoms with E-state index >= 15 is 0 Å². The molecule has 1 aliphatic heterocycles. The second-order valence-electron chi connectivity index (χ2n) is 9.90. The topological polar surface area (TPSA) is 94.0 Å². The molecular formula is C27H26ClN7O2. The van der Waals surface area contributed by atoms with Crippen molar-refractivity contribution in [2.45, 2.75) is 38.0 Å². The van der Waals surface area contributed by atoms with Gasteiger partial charge < -0.3 is 14.5 Å². The van der Waals surface area contributed by atoms with Gasteiger partial charge in [0.1, 0.15) is 27.9 Å². The van der Waals surface area contributed by atoms with Gasteiger partial charge in [0.15, 0.2) is 0 Å². The first kappa shape index (κ1) is 22.7. The van der Waals surface area contributed by atoms with Crippen molar-refractivity contribution < 1.29 is 9.47 Å². The van der Waals surface area contributed by atoms with Crippen LogP contribution < -0.4 is 4.74 Å². The maximum atomic E-state index is 6.76. The van der Waals surface area contributed by atoms with E-state index in [-0.39, 0.29) is 0 Å². The van der Waals surface area contributed by atoms with E-state index < -0.39 is 0 Å². The van der Waals surface area contributed by atoms with Crippen LogP contribution in [0.4, 0.5) is 0 Å². The van der Waals surface area contributed by atoms with Gasteiger partial charge in [-0.25, -0.2) is 9.97 Å². The molecule has 1 saturated heterocycles. The molecule has 1 aliphatic carbocycles. The zero-order valence-corrected chi connectivity index (χ0v) is 21.3. The minimum absolute atomic E-state index is 0.392.